The second kappa shape index (κ2) is 6.64. The lowest BCUT2D eigenvalue weighted by Gasteiger charge is -2.31. The highest BCUT2D eigenvalue weighted by molar-refractivity contribution is 5.21. The van der Waals surface area contributed by atoms with Gasteiger partial charge in [0.2, 0.25) is 0 Å². The fourth-order valence-electron chi connectivity index (χ4n) is 3.15. The van der Waals surface area contributed by atoms with E-state index in [1.165, 1.54) is 25.7 Å². The molecule has 2 N–H and O–H groups in total. The zero-order valence-electron chi connectivity index (χ0n) is 13.0. The second-order valence-electron chi connectivity index (χ2n) is 5.86. The van der Waals surface area contributed by atoms with Gasteiger partial charge in [0, 0.05) is 30.1 Å². The number of hydrogen-bond acceptors (Lipinski definition) is 4. The molecular formula is C16H27N3O. The van der Waals surface area contributed by atoms with Crippen LogP contribution in [0.3, 0.4) is 0 Å². The van der Waals surface area contributed by atoms with Crippen LogP contribution in [0.1, 0.15) is 75.5 Å². The minimum absolute atomic E-state index is 0.0266. The highest BCUT2D eigenvalue weighted by atomic mass is 16.5. The van der Waals surface area contributed by atoms with Crippen LogP contribution in [0.4, 0.5) is 0 Å². The molecule has 1 aliphatic carbocycles. The molecule has 20 heavy (non-hydrogen) atoms. The Balaban J connectivity index is 2.35. The monoisotopic (exact) mass is 277 g/mol. The molecule has 1 aromatic rings. The van der Waals surface area contributed by atoms with E-state index in [2.05, 4.69) is 11.9 Å². The third kappa shape index (κ3) is 3.18. The van der Waals surface area contributed by atoms with Crippen molar-refractivity contribution in [3.63, 3.8) is 0 Å². The first kappa shape index (κ1) is 15.4. The van der Waals surface area contributed by atoms with Gasteiger partial charge in [0.05, 0.1) is 0 Å². The van der Waals surface area contributed by atoms with Gasteiger partial charge < -0.3 is 10.5 Å². The van der Waals surface area contributed by atoms with Crippen LogP contribution in [0.25, 0.3) is 0 Å². The maximum Gasteiger partial charge on any atom is 0.160 e. The molecule has 0 unspecified atom stereocenters. The van der Waals surface area contributed by atoms with Crippen LogP contribution in [0, 0.1) is 6.92 Å². The molecule has 2 rings (SSSR count). The molecule has 1 fully saturated rings. The van der Waals surface area contributed by atoms with Crippen LogP contribution in [0.2, 0.25) is 0 Å². The lowest BCUT2D eigenvalue weighted by molar-refractivity contribution is -0.0625. The summed E-state index contributed by atoms with van der Waals surface area (Å²) in [7, 11) is 0. The van der Waals surface area contributed by atoms with Crippen molar-refractivity contribution in [1.82, 2.24) is 9.97 Å². The van der Waals surface area contributed by atoms with Crippen molar-refractivity contribution in [2.45, 2.75) is 70.9 Å². The van der Waals surface area contributed by atoms with Gasteiger partial charge in [-0.3, -0.25) is 0 Å². The maximum absolute atomic E-state index is 6.14. The third-order valence-corrected chi connectivity index (χ3v) is 4.25. The number of ether oxygens (including phenoxy) is 1. The second-order valence-corrected chi connectivity index (χ2v) is 5.86. The van der Waals surface area contributed by atoms with E-state index in [1.54, 1.807) is 0 Å². The van der Waals surface area contributed by atoms with Gasteiger partial charge in [-0.1, -0.05) is 25.7 Å². The van der Waals surface area contributed by atoms with E-state index in [0.29, 0.717) is 6.61 Å². The molecule has 0 saturated heterocycles. The number of aromatic nitrogens is 2. The number of hydrogen-bond donors (Lipinski definition) is 1. The first-order chi connectivity index (χ1) is 9.59. The molecule has 0 aliphatic heterocycles. The van der Waals surface area contributed by atoms with Gasteiger partial charge in [0.25, 0.3) is 0 Å². The summed E-state index contributed by atoms with van der Waals surface area (Å²) in [5.41, 5.74) is 7.67. The summed E-state index contributed by atoms with van der Waals surface area (Å²) in [6.45, 7) is 6.74. The molecule has 4 nitrogen and oxygen atoms in total. The zero-order chi connectivity index (χ0) is 14.6. The molecule has 1 atom stereocenters. The predicted octanol–water partition coefficient (Wildman–Crippen LogP) is 3.39. The smallest absolute Gasteiger partial charge is 0.160 e. The quantitative estimate of drug-likeness (QED) is 0.857. The summed E-state index contributed by atoms with van der Waals surface area (Å²) in [6.07, 6.45) is 8.88. The summed E-state index contributed by atoms with van der Waals surface area (Å²) in [4.78, 5) is 9.34. The molecular weight excluding hydrogens is 250 g/mol. The van der Waals surface area contributed by atoms with Crippen LogP contribution >= 0.6 is 0 Å². The highest BCUT2D eigenvalue weighted by Gasteiger charge is 2.36. The highest BCUT2D eigenvalue weighted by Crippen LogP contribution is 2.38. The largest absolute Gasteiger partial charge is 0.367 e. The Hall–Kier alpha value is -1.00. The topological polar surface area (TPSA) is 61.0 Å². The van der Waals surface area contributed by atoms with Crippen LogP contribution in [0.5, 0.6) is 0 Å². The lowest BCUT2D eigenvalue weighted by Crippen LogP contribution is -2.32. The molecule has 0 bridgehead atoms. The summed E-state index contributed by atoms with van der Waals surface area (Å²) in [5.74, 6) is 0.850. The van der Waals surface area contributed by atoms with E-state index in [4.69, 9.17) is 15.5 Å². The molecule has 1 aliphatic rings. The Morgan fingerprint density at radius 3 is 2.45 bits per heavy atom. The van der Waals surface area contributed by atoms with Crippen molar-refractivity contribution in [1.29, 1.82) is 0 Å². The lowest BCUT2D eigenvalue weighted by atomic mass is 9.92. The Morgan fingerprint density at radius 2 is 1.95 bits per heavy atom. The molecule has 1 saturated carbocycles. The third-order valence-electron chi connectivity index (χ3n) is 4.25. The minimum atomic E-state index is -0.285. The fourth-order valence-corrected chi connectivity index (χ4v) is 3.15. The van der Waals surface area contributed by atoms with E-state index in [0.717, 1.165) is 29.9 Å². The van der Waals surface area contributed by atoms with Gasteiger partial charge in [0.1, 0.15) is 5.60 Å². The van der Waals surface area contributed by atoms with Crippen molar-refractivity contribution in [2.24, 2.45) is 5.73 Å². The molecule has 0 spiro atoms. The molecule has 0 radical (unpaired) electrons. The molecule has 0 amide bonds. The molecule has 112 valence electrons. The van der Waals surface area contributed by atoms with Crippen molar-refractivity contribution in [3.8, 4) is 0 Å². The van der Waals surface area contributed by atoms with Crippen molar-refractivity contribution >= 4 is 0 Å². The molecule has 1 aromatic heterocycles. The van der Waals surface area contributed by atoms with Crippen molar-refractivity contribution in [3.05, 3.63) is 23.3 Å². The van der Waals surface area contributed by atoms with Crippen LogP contribution in [0.15, 0.2) is 6.20 Å². The van der Waals surface area contributed by atoms with Crippen LogP contribution in [-0.4, -0.2) is 16.6 Å². The summed E-state index contributed by atoms with van der Waals surface area (Å²) in [6, 6.07) is -0.0266. The summed E-state index contributed by atoms with van der Waals surface area (Å²) < 4.78 is 6.14. The van der Waals surface area contributed by atoms with E-state index >= 15 is 0 Å². The summed E-state index contributed by atoms with van der Waals surface area (Å²) in [5, 5.41) is 0. The standard InChI is InChI=1S/C16H27N3O/c1-4-20-16(9-7-5-6-8-10-16)15-18-11-14(12(2)17)13(3)19-15/h11-12H,4-10,17H2,1-3H3/t12-/m1/s1. The predicted molar refractivity (Wildman–Crippen MR) is 80.4 cm³/mol. The Kier molecular flexibility index (Phi) is 5.11. The number of rotatable bonds is 4. The normalized spacial score (nSPS) is 20.4. The Morgan fingerprint density at radius 1 is 1.30 bits per heavy atom. The van der Waals surface area contributed by atoms with Gasteiger partial charge >= 0.3 is 0 Å². The van der Waals surface area contributed by atoms with Gasteiger partial charge in [-0.25, -0.2) is 9.97 Å². The van der Waals surface area contributed by atoms with Gasteiger partial charge in [-0.15, -0.1) is 0 Å². The fraction of sp³-hybridized carbons (Fsp3) is 0.750. The SMILES string of the molecule is CCOC1(c2ncc([C@@H](C)N)c(C)n2)CCCCCC1. The van der Waals surface area contributed by atoms with E-state index in [1.807, 2.05) is 20.0 Å². The number of nitrogens with two attached hydrogens (primary N) is 1. The van der Waals surface area contributed by atoms with Gasteiger partial charge in [0.15, 0.2) is 5.82 Å². The first-order valence-electron chi connectivity index (χ1n) is 7.82. The molecule has 4 heteroatoms. The molecule has 0 aromatic carbocycles. The van der Waals surface area contributed by atoms with E-state index < -0.39 is 0 Å². The van der Waals surface area contributed by atoms with E-state index in [-0.39, 0.29) is 11.6 Å². The van der Waals surface area contributed by atoms with Crippen molar-refractivity contribution in [2.75, 3.05) is 6.61 Å². The van der Waals surface area contributed by atoms with Crippen LogP contribution in [-0.2, 0) is 10.3 Å². The van der Waals surface area contributed by atoms with Crippen LogP contribution < -0.4 is 5.73 Å². The summed E-state index contributed by atoms with van der Waals surface area (Å²) >= 11 is 0. The average molecular weight is 277 g/mol. The van der Waals surface area contributed by atoms with Crippen molar-refractivity contribution < 1.29 is 4.74 Å². The van der Waals surface area contributed by atoms with Gasteiger partial charge in [-0.2, -0.15) is 0 Å². The Bertz CT molecular complexity index is 437. The number of nitrogens with zero attached hydrogens (tertiary/aromatic N) is 2. The minimum Gasteiger partial charge on any atom is -0.367 e. The Labute approximate surface area is 122 Å². The number of aryl methyl sites for hydroxylation is 1. The molecule has 1 heterocycles. The van der Waals surface area contributed by atoms with E-state index in [9.17, 15) is 0 Å². The first-order valence-corrected chi connectivity index (χ1v) is 7.82. The maximum atomic E-state index is 6.14. The average Bonchev–Trinajstić information content (AvgIpc) is 2.65. The van der Waals surface area contributed by atoms with Gasteiger partial charge in [-0.05, 0) is 33.6 Å². The zero-order valence-corrected chi connectivity index (χ0v) is 13.0.